The summed E-state index contributed by atoms with van der Waals surface area (Å²) in [5.74, 6) is 0. The Balaban J connectivity index is 1.21. The Morgan fingerprint density at radius 2 is 0.567 bits per heavy atom. The van der Waals surface area contributed by atoms with E-state index in [0.717, 1.165) is 0 Å². The van der Waals surface area contributed by atoms with Gasteiger partial charge in [-0.25, -0.2) is 0 Å². The molecule has 6 fully saturated rings. The van der Waals surface area contributed by atoms with Crippen molar-refractivity contribution < 1.29 is 154 Å². The van der Waals surface area contributed by atoms with Crippen LogP contribution in [0.25, 0.3) is 0 Å². The number of rotatable bonds is 16. The molecule has 0 aliphatic carbocycles. The maximum atomic E-state index is 11.5. The summed E-state index contributed by atoms with van der Waals surface area (Å²) in [6.07, 6.45) is -57.6. The fourth-order valence-electron chi connectivity index (χ4n) is 8.26. The molecule has 0 spiro atoms. The lowest BCUT2D eigenvalue weighted by Gasteiger charge is -2.48. The molecule has 0 amide bonds. The van der Waals surface area contributed by atoms with E-state index < -0.39 is 224 Å². The molecule has 6 heterocycles. The molecule has 0 bridgehead atoms. The largest absolute Gasteiger partial charge is 0.394 e. The number of aliphatic hydroxyl groups excluding tert-OH is 20. The molecule has 0 unspecified atom stereocenters. The fourth-order valence-corrected chi connectivity index (χ4v) is 8.26. The second-order valence-electron chi connectivity index (χ2n) is 16.8. The molecule has 0 saturated carbocycles. The smallest absolute Gasteiger partial charge is 0.187 e. The Bertz CT molecular complexity index is 1500. The van der Waals surface area contributed by atoms with Gasteiger partial charge >= 0.3 is 0 Å². The van der Waals surface area contributed by atoms with Crippen LogP contribution in [0.3, 0.4) is 0 Å². The Labute approximate surface area is 378 Å². The second kappa shape index (κ2) is 23.5. The van der Waals surface area contributed by atoms with Crippen molar-refractivity contribution in [2.75, 3.05) is 39.6 Å². The number of ether oxygens (including phenoxy) is 11. The summed E-state index contributed by atoms with van der Waals surface area (Å²) in [5, 5.41) is 209. The van der Waals surface area contributed by atoms with E-state index in [1.165, 1.54) is 0 Å². The monoisotopic (exact) mass is 990 g/mol. The summed E-state index contributed by atoms with van der Waals surface area (Å²) in [4.78, 5) is 0. The van der Waals surface area contributed by atoms with Crippen LogP contribution in [0.2, 0.25) is 0 Å². The van der Waals surface area contributed by atoms with Gasteiger partial charge in [-0.15, -0.1) is 0 Å². The molecule has 30 atom stereocenters. The number of aliphatic hydroxyl groups is 20. The van der Waals surface area contributed by atoms with Crippen LogP contribution in [0.15, 0.2) is 0 Å². The highest BCUT2D eigenvalue weighted by molar-refractivity contribution is 4.98. The van der Waals surface area contributed by atoms with Gasteiger partial charge in [0.1, 0.15) is 146 Å². The van der Waals surface area contributed by atoms with Crippen molar-refractivity contribution >= 4 is 0 Å². The Hall–Kier alpha value is -1.24. The molecule has 20 N–H and O–H groups in total. The summed E-state index contributed by atoms with van der Waals surface area (Å²) in [6.45, 7) is -5.37. The third kappa shape index (κ3) is 11.5. The van der Waals surface area contributed by atoms with Gasteiger partial charge < -0.3 is 154 Å². The van der Waals surface area contributed by atoms with E-state index in [-0.39, 0.29) is 0 Å². The molecule has 67 heavy (non-hydrogen) atoms. The minimum Gasteiger partial charge on any atom is -0.394 e. The highest BCUT2D eigenvalue weighted by atomic mass is 16.8. The Morgan fingerprint density at radius 1 is 0.254 bits per heavy atom. The summed E-state index contributed by atoms with van der Waals surface area (Å²) in [5.41, 5.74) is 0. The standard InChI is InChI=1S/C36H62O31/c37-1-7-13(41)19(47)24(52)32(60-7)57-5-11-17(45)23(51)29(66-33-25(53)20(48)14(42)8(2-38)61-33)35(64-11)58-6-12-18(46)28(27(55)31(56)59-12)65-36-30(22(50)16(44)10(4-40)63-36)67-34-26(54)21(49)15(43)9(3-39)62-34/h7-56H,1-6H2/t7-,8-,9-,10-,11-,12-,13-,14-,15-,16-,17-,18-,19+,20+,21+,22+,23+,24+,25+,26+,27+,28+,29+,30+,31+,32+,33-,34-,35+,36-/m1/s1. The van der Waals surface area contributed by atoms with Gasteiger partial charge in [-0.05, 0) is 0 Å². The van der Waals surface area contributed by atoms with Crippen molar-refractivity contribution in [3.05, 3.63) is 0 Å². The van der Waals surface area contributed by atoms with E-state index in [1.807, 2.05) is 0 Å². The Morgan fingerprint density at radius 3 is 1.01 bits per heavy atom. The van der Waals surface area contributed by atoms with Crippen LogP contribution in [0.4, 0.5) is 0 Å². The molecule has 392 valence electrons. The molecule has 6 aliphatic rings. The lowest BCUT2D eigenvalue weighted by atomic mass is 9.96. The zero-order valence-electron chi connectivity index (χ0n) is 35.0. The van der Waals surface area contributed by atoms with Gasteiger partial charge in [-0.1, -0.05) is 0 Å². The molecule has 0 aromatic heterocycles. The molecule has 6 rings (SSSR count). The maximum absolute atomic E-state index is 11.5. The van der Waals surface area contributed by atoms with E-state index in [4.69, 9.17) is 52.1 Å². The Kier molecular flexibility index (Phi) is 19.4. The van der Waals surface area contributed by atoms with Gasteiger partial charge in [-0.2, -0.15) is 0 Å². The van der Waals surface area contributed by atoms with Crippen LogP contribution >= 0.6 is 0 Å². The third-order valence-corrected chi connectivity index (χ3v) is 12.4. The zero-order valence-corrected chi connectivity index (χ0v) is 35.0. The first-order chi connectivity index (χ1) is 31.7. The molecule has 31 heteroatoms. The van der Waals surface area contributed by atoms with E-state index in [9.17, 15) is 102 Å². The first-order valence-corrected chi connectivity index (χ1v) is 21.1. The fraction of sp³-hybridized carbons (Fsp3) is 1.00. The van der Waals surface area contributed by atoms with Crippen molar-refractivity contribution in [3.63, 3.8) is 0 Å². The lowest BCUT2D eigenvalue weighted by molar-refractivity contribution is -0.391. The number of hydrogen-bond acceptors (Lipinski definition) is 31. The third-order valence-electron chi connectivity index (χ3n) is 12.4. The molecule has 31 nitrogen and oxygen atoms in total. The van der Waals surface area contributed by atoms with Crippen molar-refractivity contribution in [2.24, 2.45) is 0 Å². The van der Waals surface area contributed by atoms with Crippen molar-refractivity contribution in [2.45, 2.75) is 184 Å². The quantitative estimate of drug-likeness (QED) is 0.0683. The summed E-state index contributed by atoms with van der Waals surface area (Å²) < 4.78 is 61.1. The first-order valence-electron chi connectivity index (χ1n) is 21.1. The van der Waals surface area contributed by atoms with E-state index in [0.29, 0.717) is 0 Å². The molecule has 6 aliphatic heterocycles. The van der Waals surface area contributed by atoms with Gasteiger partial charge in [0.15, 0.2) is 37.7 Å². The molecule has 0 aromatic rings. The van der Waals surface area contributed by atoms with E-state index in [1.54, 1.807) is 0 Å². The predicted molar refractivity (Wildman–Crippen MR) is 199 cm³/mol. The molecule has 0 aromatic carbocycles. The van der Waals surface area contributed by atoms with Crippen LogP contribution < -0.4 is 0 Å². The molecule has 6 saturated heterocycles. The number of hydrogen-bond donors (Lipinski definition) is 20. The summed E-state index contributed by atoms with van der Waals surface area (Å²) in [7, 11) is 0. The molecular weight excluding hydrogens is 928 g/mol. The van der Waals surface area contributed by atoms with Crippen molar-refractivity contribution in [1.29, 1.82) is 0 Å². The summed E-state index contributed by atoms with van der Waals surface area (Å²) >= 11 is 0. The van der Waals surface area contributed by atoms with Crippen LogP contribution in [0.1, 0.15) is 0 Å². The van der Waals surface area contributed by atoms with Crippen LogP contribution in [-0.4, -0.2) is 326 Å². The highest BCUT2D eigenvalue weighted by Crippen LogP contribution is 2.35. The zero-order chi connectivity index (χ0) is 49.3. The average Bonchev–Trinajstić information content (AvgIpc) is 3.31. The van der Waals surface area contributed by atoms with Gasteiger partial charge in [0.25, 0.3) is 0 Å². The average molecular weight is 991 g/mol. The van der Waals surface area contributed by atoms with Crippen LogP contribution in [0, 0.1) is 0 Å². The van der Waals surface area contributed by atoms with Crippen LogP contribution in [0.5, 0.6) is 0 Å². The molecular formula is C36H62O31. The lowest BCUT2D eigenvalue weighted by Crippen LogP contribution is -2.67. The summed E-state index contributed by atoms with van der Waals surface area (Å²) in [6, 6.07) is 0. The van der Waals surface area contributed by atoms with E-state index in [2.05, 4.69) is 0 Å². The van der Waals surface area contributed by atoms with Gasteiger partial charge in [0.2, 0.25) is 0 Å². The van der Waals surface area contributed by atoms with E-state index >= 15 is 0 Å². The van der Waals surface area contributed by atoms with Crippen molar-refractivity contribution in [1.82, 2.24) is 0 Å². The minimum atomic E-state index is -2.25. The SMILES string of the molecule is OC[C@H]1O[C@H](OC[C@H]2O[C@H](OC[C@H]3O[C@H](O)[C@@H](O)[C@@H](O[C@H]4O[C@H](CO)[C@@H](O)[C@H](O)[C@@H]4O[C@H]4O[C@H](CO)[C@@H](O)[C@H](O)[C@@H]4O)[C@@H]3O)[C@@H](O[C@H]3O[C@H](CO)[C@@H](O)[C@H](O)[C@@H]3O)[C@@H](O)[C@@H]2O)[C@@H](O)[C@@H](O)[C@@H]1O. The predicted octanol–water partition coefficient (Wildman–Crippen LogP) is -14.1. The van der Waals surface area contributed by atoms with Crippen LogP contribution in [-0.2, 0) is 52.1 Å². The molecule has 0 radical (unpaired) electrons. The topological polar surface area (TPSA) is 506 Å². The highest BCUT2D eigenvalue weighted by Gasteiger charge is 2.56. The second-order valence-corrected chi connectivity index (χ2v) is 16.8. The minimum absolute atomic E-state index is 0.819. The first kappa shape index (κ1) is 55.1. The normalized spacial score (nSPS) is 53.4. The maximum Gasteiger partial charge on any atom is 0.187 e. The van der Waals surface area contributed by atoms with Gasteiger partial charge in [-0.3, -0.25) is 0 Å². The van der Waals surface area contributed by atoms with Crippen molar-refractivity contribution in [3.8, 4) is 0 Å². The van der Waals surface area contributed by atoms with Gasteiger partial charge in [0.05, 0.1) is 39.6 Å². The van der Waals surface area contributed by atoms with Gasteiger partial charge in [0, 0.05) is 0 Å².